The molecule has 0 aromatic carbocycles. The van der Waals surface area contributed by atoms with E-state index in [2.05, 4.69) is 11.3 Å². The van der Waals surface area contributed by atoms with Gasteiger partial charge in [-0.15, -0.1) is 0 Å². The normalized spacial score (nSPS) is 12.8. The van der Waals surface area contributed by atoms with Gasteiger partial charge < -0.3 is 0 Å². The molecule has 0 aliphatic carbocycles. The van der Waals surface area contributed by atoms with Gasteiger partial charge in [-0.1, -0.05) is 12.7 Å². The van der Waals surface area contributed by atoms with Crippen LogP contribution in [0.3, 0.4) is 0 Å². The number of hydrogen-bond acceptors (Lipinski definition) is 2. The van der Waals surface area contributed by atoms with Crippen molar-refractivity contribution in [3.8, 4) is 0 Å². The minimum absolute atomic E-state index is 0.567. The summed E-state index contributed by atoms with van der Waals surface area (Å²) in [5, 5.41) is 0. The molecule has 0 aliphatic rings. The lowest BCUT2D eigenvalue weighted by atomic mass is 10.4. The van der Waals surface area contributed by atoms with Crippen molar-refractivity contribution in [1.82, 2.24) is 4.72 Å². The van der Waals surface area contributed by atoms with Crippen LogP contribution in [0.15, 0.2) is 24.4 Å². The molecule has 0 radical (unpaired) electrons. The molecule has 0 aromatic rings. The van der Waals surface area contributed by atoms with Gasteiger partial charge in [0.15, 0.2) is 0 Å². The average Bonchev–Trinajstić information content (AvgIpc) is 1.59. The van der Waals surface area contributed by atoms with E-state index in [-0.39, 0.29) is 0 Å². The maximum absolute atomic E-state index is 10.5. The molecule has 1 N–H and O–H groups in total. The highest BCUT2D eigenvalue weighted by molar-refractivity contribution is 7.88. The number of hydrogen-bond donors (Lipinski definition) is 1. The molecule has 0 saturated heterocycles. The lowest BCUT2D eigenvalue weighted by Gasteiger charge is -2.00. The van der Waals surface area contributed by atoms with Crippen molar-refractivity contribution in [2.45, 2.75) is 6.92 Å². The highest BCUT2D eigenvalue weighted by Crippen LogP contribution is 1.88. The van der Waals surface area contributed by atoms with Crippen LogP contribution < -0.4 is 4.72 Å². The van der Waals surface area contributed by atoms with Crippen LogP contribution in [-0.2, 0) is 10.0 Å². The maximum atomic E-state index is 10.5. The summed E-state index contributed by atoms with van der Waals surface area (Å²) in [6, 6.07) is 0. The first-order chi connectivity index (χ1) is 4.45. The van der Waals surface area contributed by atoms with Crippen molar-refractivity contribution in [3.05, 3.63) is 24.4 Å². The van der Waals surface area contributed by atoms with Crippen LogP contribution in [0.5, 0.6) is 0 Å². The number of allylic oxidation sites excluding steroid dienone is 3. The summed E-state index contributed by atoms with van der Waals surface area (Å²) >= 11 is 0. The van der Waals surface area contributed by atoms with E-state index in [0.717, 1.165) is 6.26 Å². The van der Waals surface area contributed by atoms with Crippen molar-refractivity contribution in [3.63, 3.8) is 0 Å². The van der Waals surface area contributed by atoms with Crippen LogP contribution in [0.1, 0.15) is 6.92 Å². The summed E-state index contributed by atoms with van der Waals surface area (Å²) in [6.07, 6.45) is 4.21. The van der Waals surface area contributed by atoms with Crippen molar-refractivity contribution < 1.29 is 8.42 Å². The lowest BCUT2D eigenvalue weighted by Crippen LogP contribution is -2.19. The van der Waals surface area contributed by atoms with Gasteiger partial charge in [-0.3, -0.25) is 4.72 Å². The second-order valence-corrected chi connectivity index (χ2v) is 3.71. The minimum atomic E-state index is -3.11. The van der Waals surface area contributed by atoms with E-state index in [1.165, 1.54) is 6.08 Å². The lowest BCUT2D eigenvalue weighted by molar-refractivity contribution is 0.595. The molecule has 4 heteroatoms. The topological polar surface area (TPSA) is 46.2 Å². The summed E-state index contributed by atoms with van der Waals surface area (Å²) < 4.78 is 23.3. The van der Waals surface area contributed by atoms with E-state index in [1.807, 2.05) is 0 Å². The van der Waals surface area contributed by atoms with Gasteiger partial charge >= 0.3 is 0 Å². The van der Waals surface area contributed by atoms with E-state index in [4.69, 9.17) is 0 Å². The first-order valence-electron chi connectivity index (χ1n) is 2.73. The Balaban J connectivity index is 4.18. The van der Waals surface area contributed by atoms with Gasteiger partial charge in [0.05, 0.1) is 6.26 Å². The number of nitrogens with one attached hydrogen (secondary N) is 1. The Hall–Kier alpha value is -0.770. The Labute approximate surface area is 61.5 Å². The standard InChI is InChI=1S/C6H11NO2S/c1-4-5-6(2)7-10(3,8)9/h4-5,7H,1H2,2-3H3/b6-5+. The maximum Gasteiger partial charge on any atom is 0.229 e. The summed E-state index contributed by atoms with van der Waals surface area (Å²) in [6.45, 7) is 5.07. The first kappa shape index (κ1) is 9.23. The molecular formula is C6H11NO2S. The Morgan fingerprint density at radius 3 is 2.40 bits per heavy atom. The third kappa shape index (κ3) is 5.37. The molecule has 0 aliphatic heterocycles. The Bertz CT molecular complexity index is 238. The van der Waals surface area contributed by atoms with Crippen molar-refractivity contribution in [2.24, 2.45) is 0 Å². The molecule has 0 fully saturated rings. The van der Waals surface area contributed by atoms with Gasteiger partial charge in [0.25, 0.3) is 0 Å². The summed E-state index contributed by atoms with van der Waals surface area (Å²) in [4.78, 5) is 0. The molecule has 10 heavy (non-hydrogen) atoms. The zero-order chi connectivity index (χ0) is 8.20. The van der Waals surface area contributed by atoms with Crippen LogP contribution in [-0.4, -0.2) is 14.7 Å². The molecule has 3 nitrogen and oxygen atoms in total. The quantitative estimate of drug-likeness (QED) is 0.617. The van der Waals surface area contributed by atoms with Gasteiger partial charge in [-0.25, -0.2) is 8.42 Å². The molecule has 58 valence electrons. The molecule has 0 atom stereocenters. The van der Waals surface area contributed by atoms with Crippen LogP contribution >= 0.6 is 0 Å². The van der Waals surface area contributed by atoms with Gasteiger partial charge in [0, 0.05) is 5.70 Å². The van der Waals surface area contributed by atoms with Gasteiger partial charge in [-0.05, 0) is 13.0 Å². The second-order valence-electron chi connectivity index (χ2n) is 1.96. The van der Waals surface area contributed by atoms with Gasteiger partial charge in [0.2, 0.25) is 10.0 Å². The zero-order valence-electron chi connectivity index (χ0n) is 6.09. The highest BCUT2D eigenvalue weighted by Gasteiger charge is 1.97. The Morgan fingerprint density at radius 2 is 2.10 bits per heavy atom. The summed E-state index contributed by atoms with van der Waals surface area (Å²) in [7, 11) is -3.11. The fraction of sp³-hybridized carbons (Fsp3) is 0.333. The molecular weight excluding hydrogens is 150 g/mol. The molecule has 0 spiro atoms. The third-order valence-corrected chi connectivity index (χ3v) is 1.41. The molecule has 0 bridgehead atoms. The molecule has 0 amide bonds. The van der Waals surface area contributed by atoms with Gasteiger partial charge in [-0.2, -0.15) is 0 Å². The smallest absolute Gasteiger partial charge is 0.229 e. The van der Waals surface area contributed by atoms with Crippen molar-refractivity contribution in [2.75, 3.05) is 6.26 Å². The third-order valence-electron chi connectivity index (χ3n) is 0.714. The van der Waals surface area contributed by atoms with E-state index in [1.54, 1.807) is 13.0 Å². The Kier molecular flexibility index (Phi) is 3.15. The monoisotopic (exact) mass is 161 g/mol. The molecule has 0 unspecified atom stereocenters. The second kappa shape index (κ2) is 3.41. The predicted molar refractivity (Wildman–Crippen MR) is 41.9 cm³/mol. The fourth-order valence-corrected chi connectivity index (χ4v) is 1.16. The van der Waals surface area contributed by atoms with E-state index in [9.17, 15) is 8.42 Å². The highest BCUT2D eigenvalue weighted by atomic mass is 32.2. The SMILES string of the molecule is C=C/C=C(\C)NS(C)(=O)=O. The zero-order valence-corrected chi connectivity index (χ0v) is 6.90. The van der Waals surface area contributed by atoms with E-state index >= 15 is 0 Å². The van der Waals surface area contributed by atoms with E-state index in [0.29, 0.717) is 5.70 Å². The van der Waals surface area contributed by atoms with Crippen LogP contribution in [0.4, 0.5) is 0 Å². The number of sulfonamides is 1. The summed E-state index contributed by atoms with van der Waals surface area (Å²) in [5.74, 6) is 0. The number of rotatable bonds is 3. The van der Waals surface area contributed by atoms with Crippen LogP contribution in [0.25, 0.3) is 0 Å². The molecule has 0 aromatic heterocycles. The van der Waals surface area contributed by atoms with Crippen molar-refractivity contribution in [1.29, 1.82) is 0 Å². The Morgan fingerprint density at radius 1 is 1.60 bits per heavy atom. The molecule has 0 heterocycles. The average molecular weight is 161 g/mol. The van der Waals surface area contributed by atoms with E-state index < -0.39 is 10.0 Å². The predicted octanol–water partition coefficient (Wildman–Crippen LogP) is 0.625. The van der Waals surface area contributed by atoms with Crippen LogP contribution in [0, 0.1) is 0 Å². The summed E-state index contributed by atoms with van der Waals surface area (Å²) in [5.41, 5.74) is 0.567. The van der Waals surface area contributed by atoms with Gasteiger partial charge in [0.1, 0.15) is 0 Å². The fourth-order valence-electron chi connectivity index (χ4n) is 0.503. The molecule has 0 rings (SSSR count). The van der Waals surface area contributed by atoms with Crippen LogP contribution in [0.2, 0.25) is 0 Å². The minimum Gasteiger partial charge on any atom is -0.288 e. The molecule has 0 saturated carbocycles. The van der Waals surface area contributed by atoms with Crippen molar-refractivity contribution >= 4 is 10.0 Å². The largest absolute Gasteiger partial charge is 0.288 e. The first-order valence-corrected chi connectivity index (χ1v) is 4.62.